The van der Waals surface area contributed by atoms with Crippen LogP contribution in [-0.2, 0) is 16.0 Å². The number of imide groups is 1. The van der Waals surface area contributed by atoms with E-state index in [0.717, 1.165) is 36.0 Å². The summed E-state index contributed by atoms with van der Waals surface area (Å²) in [7, 11) is 0. The number of fused-ring (bicyclic) bond motifs is 3. The van der Waals surface area contributed by atoms with Crippen LogP contribution in [0.1, 0.15) is 50.2 Å². The molecule has 1 aliphatic heterocycles. The normalized spacial score (nSPS) is 15.6. The molecule has 1 unspecified atom stereocenters. The zero-order valence-electron chi connectivity index (χ0n) is 20.3. The number of nitrogens with two attached hydrogens (primary N) is 2. The molecule has 4 rings (SSSR count). The predicted octanol–water partition coefficient (Wildman–Crippen LogP) is 5.71. The van der Waals surface area contributed by atoms with Gasteiger partial charge in [0.25, 0.3) is 5.91 Å². The molecule has 0 fully saturated rings. The molecular weight excluding hydrogens is 458 g/mol. The molecule has 2 amide bonds. The summed E-state index contributed by atoms with van der Waals surface area (Å²) in [4.78, 5) is 28.9. The van der Waals surface area contributed by atoms with Crippen LogP contribution in [0.3, 0.4) is 0 Å². The van der Waals surface area contributed by atoms with Crippen LogP contribution in [0.5, 0.6) is 0 Å². The monoisotopic (exact) mass is 491 g/mol. The second kappa shape index (κ2) is 11.5. The van der Waals surface area contributed by atoms with Gasteiger partial charge in [-0.1, -0.05) is 80.9 Å². The maximum Gasteiger partial charge on any atom is 0.250 e. The summed E-state index contributed by atoms with van der Waals surface area (Å²) in [6, 6.07) is 22.8. The number of nitrogen functional groups attached to an aromatic ring is 1. The van der Waals surface area contributed by atoms with Crippen molar-refractivity contribution < 1.29 is 9.59 Å². The lowest BCUT2D eigenvalue weighted by molar-refractivity contribution is -0.128. The van der Waals surface area contributed by atoms with Gasteiger partial charge in [-0.3, -0.25) is 9.59 Å². The number of anilines is 2. The lowest BCUT2D eigenvalue weighted by Gasteiger charge is -2.28. The van der Waals surface area contributed by atoms with Gasteiger partial charge in [-0.05, 0) is 54.0 Å². The van der Waals surface area contributed by atoms with Crippen LogP contribution in [0, 0.1) is 5.92 Å². The van der Waals surface area contributed by atoms with Crippen molar-refractivity contribution in [1.82, 2.24) is 0 Å². The van der Waals surface area contributed by atoms with E-state index in [-0.39, 0.29) is 30.1 Å². The van der Waals surface area contributed by atoms with E-state index in [0.29, 0.717) is 17.8 Å². The summed E-state index contributed by atoms with van der Waals surface area (Å²) in [6.07, 6.45) is 3.43. The molecule has 0 saturated carbocycles. The fraction of sp³-hybridized carbons (Fsp3) is 0.310. The number of unbranched alkanes of at least 4 members (excludes halogenated alkanes) is 1. The highest BCUT2D eigenvalue weighted by molar-refractivity contribution is 6.22. The van der Waals surface area contributed by atoms with Gasteiger partial charge in [-0.15, -0.1) is 12.4 Å². The first-order chi connectivity index (χ1) is 16.4. The molecule has 0 aliphatic carbocycles. The van der Waals surface area contributed by atoms with Crippen LogP contribution < -0.4 is 16.4 Å². The Bertz CT molecular complexity index is 1180. The van der Waals surface area contributed by atoms with Crippen molar-refractivity contribution in [3.05, 3.63) is 83.9 Å². The summed E-state index contributed by atoms with van der Waals surface area (Å²) >= 11 is 0. The summed E-state index contributed by atoms with van der Waals surface area (Å²) in [5, 5.41) is 0. The molecule has 0 saturated heterocycles. The van der Waals surface area contributed by atoms with Gasteiger partial charge in [-0.25, -0.2) is 4.90 Å². The molecule has 0 spiro atoms. The van der Waals surface area contributed by atoms with Gasteiger partial charge in [0.05, 0.1) is 17.6 Å². The molecule has 3 aromatic rings. The van der Waals surface area contributed by atoms with E-state index in [4.69, 9.17) is 11.5 Å². The minimum absolute atomic E-state index is 0. The van der Waals surface area contributed by atoms with Crippen molar-refractivity contribution in [2.75, 3.05) is 10.6 Å². The van der Waals surface area contributed by atoms with Crippen molar-refractivity contribution in [2.24, 2.45) is 11.7 Å². The Balaban J connectivity index is 0.00000342. The zero-order valence-corrected chi connectivity index (χ0v) is 21.1. The van der Waals surface area contributed by atoms with Crippen LogP contribution >= 0.6 is 12.4 Å². The van der Waals surface area contributed by atoms with E-state index in [2.05, 4.69) is 12.1 Å². The average Bonchev–Trinajstić information content (AvgIpc) is 2.94. The number of benzene rings is 3. The highest BCUT2D eigenvalue weighted by Crippen LogP contribution is 2.45. The van der Waals surface area contributed by atoms with Crippen LogP contribution in [0.15, 0.2) is 72.8 Å². The standard InChI is InChI=1S/C29H33N3O2.ClH/c1-19(2)27(31)29(34)32-25-18-10-17-24(30)26(25)22-15-9-8-14-21(22)23(28(32)33)16-7-6-13-20-11-4-3-5-12-20;/h3-5,8-12,14-15,17-19,23,27H,6-7,13,16,30-31H2,1-2H3;1H/t23?,27-;/m0./s1. The first-order valence-corrected chi connectivity index (χ1v) is 12.0. The van der Waals surface area contributed by atoms with Gasteiger partial charge in [0.2, 0.25) is 5.91 Å². The number of carbonyl (C=O) groups is 2. The van der Waals surface area contributed by atoms with Gasteiger partial charge < -0.3 is 11.5 Å². The molecule has 35 heavy (non-hydrogen) atoms. The first-order valence-electron chi connectivity index (χ1n) is 12.0. The molecule has 0 aromatic heterocycles. The molecule has 4 N–H and O–H groups in total. The Labute approximate surface area is 213 Å². The van der Waals surface area contributed by atoms with E-state index in [9.17, 15) is 9.59 Å². The third-order valence-corrected chi connectivity index (χ3v) is 6.71. The van der Waals surface area contributed by atoms with E-state index in [1.807, 2.05) is 62.4 Å². The fourth-order valence-electron chi connectivity index (χ4n) is 4.74. The van der Waals surface area contributed by atoms with Gasteiger partial charge >= 0.3 is 0 Å². The first kappa shape index (κ1) is 26.5. The summed E-state index contributed by atoms with van der Waals surface area (Å²) < 4.78 is 0. The van der Waals surface area contributed by atoms with Crippen LogP contribution in [0.2, 0.25) is 0 Å². The predicted molar refractivity (Wildman–Crippen MR) is 146 cm³/mol. The van der Waals surface area contributed by atoms with Gasteiger partial charge in [0, 0.05) is 11.3 Å². The smallest absolute Gasteiger partial charge is 0.250 e. The average molecular weight is 492 g/mol. The van der Waals surface area contributed by atoms with Crippen molar-refractivity contribution in [1.29, 1.82) is 0 Å². The van der Waals surface area contributed by atoms with Crippen molar-refractivity contribution in [3.8, 4) is 11.1 Å². The third-order valence-electron chi connectivity index (χ3n) is 6.71. The molecule has 5 nitrogen and oxygen atoms in total. The Morgan fingerprint density at radius 1 is 0.943 bits per heavy atom. The highest BCUT2D eigenvalue weighted by atomic mass is 35.5. The van der Waals surface area contributed by atoms with Crippen molar-refractivity contribution in [3.63, 3.8) is 0 Å². The maximum atomic E-state index is 14.0. The Kier molecular flexibility index (Phi) is 8.71. The number of nitrogens with zero attached hydrogens (tertiary/aromatic N) is 1. The molecule has 6 heteroatoms. The molecule has 0 bridgehead atoms. The Hall–Kier alpha value is -3.15. The number of rotatable bonds is 7. The lowest BCUT2D eigenvalue weighted by Crippen LogP contribution is -2.50. The van der Waals surface area contributed by atoms with Crippen LogP contribution in [-0.4, -0.2) is 17.9 Å². The quantitative estimate of drug-likeness (QED) is 0.327. The lowest BCUT2D eigenvalue weighted by atomic mass is 9.87. The number of amides is 2. The van der Waals surface area contributed by atoms with E-state index in [1.165, 1.54) is 10.5 Å². The number of carbonyl (C=O) groups excluding carboxylic acids is 2. The Morgan fingerprint density at radius 2 is 1.63 bits per heavy atom. The number of hydrogen-bond donors (Lipinski definition) is 2. The third kappa shape index (κ3) is 5.42. The molecule has 0 radical (unpaired) electrons. The number of hydrogen-bond acceptors (Lipinski definition) is 4. The zero-order chi connectivity index (χ0) is 24.2. The summed E-state index contributed by atoms with van der Waals surface area (Å²) in [5.41, 5.74) is 17.6. The minimum Gasteiger partial charge on any atom is -0.398 e. The highest BCUT2D eigenvalue weighted by Gasteiger charge is 2.39. The topological polar surface area (TPSA) is 89.4 Å². The fourth-order valence-corrected chi connectivity index (χ4v) is 4.74. The molecule has 3 aromatic carbocycles. The second-order valence-electron chi connectivity index (χ2n) is 9.39. The SMILES string of the molecule is CC(C)[C@H](N)C(=O)N1C(=O)C(CCCCc2ccccc2)c2ccccc2-c2c(N)cccc21.Cl. The van der Waals surface area contributed by atoms with E-state index < -0.39 is 12.0 Å². The van der Waals surface area contributed by atoms with Crippen LogP contribution in [0.4, 0.5) is 11.4 Å². The molecular formula is C29H34ClN3O2. The molecule has 2 atom stereocenters. The number of halogens is 1. The van der Waals surface area contributed by atoms with E-state index in [1.54, 1.807) is 12.1 Å². The summed E-state index contributed by atoms with van der Waals surface area (Å²) in [5.74, 6) is -1.15. The Morgan fingerprint density at radius 3 is 2.34 bits per heavy atom. The van der Waals surface area contributed by atoms with Gasteiger partial charge in [0.1, 0.15) is 0 Å². The van der Waals surface area contributed by atoms with Crippen molar-refractivity contribution >= 4 is 35.6 Å². The van der Waals surface area contributed by atoms with Gasteiger partial charge in [-0.2, -0.15) is 0 Å². The summed E-state index contributed by atoms with van der Waals surface area (Å²) in [6.45, 7) is 3.78. The largest absolute Gasteiger partial charge is 0.398 e. The van der Waals surface area contributed by atoms with Crippen molar-refractivity contribution in [2.45, 2.75) is 51.5 Å². The van der Waals surface area contributed by atoms with Gasteiger partial charge in [0.15, 0.2) is 0 Å². The second-order valence-corrected chi connectivity index (χ2v) is 9.39. The molecule has 1 heterocycles. The molecule has 184 valence electrons. The van der Waals surface area contributed by atoms with E-state index >= 15 is 0 Å². The number of aryl methyl sites for hydroxylation is 1. The van der Waals surface area contributed by atoms with Crippen LogP contribution in [0.25, 0.3) is 11.1 Å². The minimum atomic E-state index is -0.779. The molecule has 1 aliphatic rings. The maximum absolute atomic E-state index is 14.0.